The molecule has 5 rings (SSSR count). The maximum absolute atomic E-state index is 13.2. The van der Waals surface area contributed by atoms with Crippen LogP contribution in [0.1, 0.15) is 59.0 Å². The van der Waals surface area contributed by atoms with Crippen LogP contribution in [0.3, 0.4) is 0 Å². The van der Waals surface area contributed by atoms with E-state index in [0.29, 0.717) is 55.7 Å². The van der Waals surface area contributed by atoms with Crippen LogP contribution in [0, 0.1) is 32.6 Å². The van der Waals surface area contributed by atoms with Crippen LogP contribution in [0.15, 0.2) is 29.3 Å². The molecular formula is C32H41ClN6O5S. The molecule has 11 nitrogen and oxygen atoms in total. The quantitative estimate of drug-likeness (QED) is 0.208. The van der Waals surface area contributed by atoms with E-state index in [0.717, 1.165) is 52.7 Å². The summed E-state index contributed by atoms with van der Waals surface area (Å²) in [7, 11) is 0. The third-order valence-corrected chi connectivity index (χ3v) is 9.51. The SMILES string of the molecule is CCOC(=O)COCC1CNCC(COCCNC(=O)C[C@@H]2N=C(c3ccc(Cl)cc3)c3c(sc(C)c3C)-n3c(C)nnc32)C1. The highest BCUT2D eigenvalue weighted by molar-refractivity contribution is 7.15. The van der Waals surface area contributed by atoms with Crippen molar-refractivity contribution in [2.24, 2.45) is 16.8 Å². The van der Waals surface area contributed by atoms with E-state index < -0.39 is 6.04 Å². The Morgan fingerprint density at radius 3 is 2.56 bits per heavy atom. The second kappa shape index (κ2) is 15.4. The summed E-state index contributed by atoms with van der Waals surface area (Å²) in [6, 6.07) is 7.12. The van der Waals surface area contributed by atoms with E-state index in [1.54, 1.807) is 18.3 Å². The van der Waals surface area contributed by atoms with Crippen molar-refractivity contribution in [1.29, 1.82) is 0 Å². The van der Waals surface area contributed by atoms with Gasteiger partial charge in [-0.05, 0) is 63.6 Å². The Morgan fingerprint density at radius 2 is 1.82 bits per heavy atom. The first-order valence-corrected chi connectivity index (χ1v) is 16.6. The van der Waals surface area contributed by atoms with Gasteiger partial charge in [0.1, 0.15) is 23.5 Å². The number of rotatable bonds is 13. The number of nitrogens with zero attached hydrogens (tertiary/aromatic N) is 4. The average Bonchev–Trinajstić information content (AvgIpc) is 3.49. The van der Waals surface area contributed by atoms with Crippen molar-refractivity contribution in [2.75, 3.05) is 52.7 Å². The molecule has 0 aliphatic carbocycles. The number of benzene rings is 1. The molecule has 242 valence electrons. The molecule has 0 bridgehead atoms. The number of thiophene rings is 1. The number of amides is 1. The molecule has 2 aliphatic heterocycles. The number of aromatic nitrogens is 3. The molecule has 0 saturated carbocycles. The second-order valence-electron chi connectivity index (χ2n) is 11.5. The number of halogens is 1. The Hall–Kier alpha value is -3.16. The third-order valence-electron chi connectivity index (χ3n) is 8.07. The molecule has 1 aromatic carbocycles. The molecule has 3 atom stereocenters. The van der Waals surface area contributed by atoms with Crippen LogP contribution in [-0.2, 0) is 23.8 Å². The van der Waals surface area contributed by atoms with Crippen molar-refractivity contribution in [3.8, 4) is 5.00 Å². The van der Waals surface area contributed by atoms with Crippen LogP contribution < -0.4 is 10.6 Å². The van der Waals surface area contributed by atoms with Crippen molar-refractivity contribution < 1.29 is 23.8 Å². The van der Waals surface area contributed by atoms with Crippen molar-refractivity contribution in [3.05, 3.63) is 62.5 Å². The Kier molecular flexibility index (Phi) is 11.4. The summed E-state index contributed by atoms with van der Waals surface area (Å²) in [5.41, 5.74) is 3.93. The Bertz CT molecular complexity index is 1520. The standard InChI is InChI=1S/C32H41ClN6O5S/c1-5-44-28(41)18-43-17-23-12-22(14-34-15-23)16-42-11-10-35-27(40)13-26-31-38-37-21(4)39(31)32-29(19(2)20(3)45-32)30(36-26)24-6-8-25(33)9-7-24/h6-9,22-23,26,34H,5,10-18H2,1-4H3,(H,35,40)/t22?,23?,26-/m0/s1. The van der Waals surface area contributed by atoms with Crippen LogP contribution in [0.4, 0.5) is 0 Å². The van der Waals surface area contributed by atoms with Crippen LogP contribution in [0.2, 0.25) is 5.02 Å². The van der Waals surface area contributed by atoms with E-state index >= 15 is 0 Å². The molecule has 1 fully saturated rings. The normalized spacial score (nSPS) is 19.3. The topological polar surface area (TPSA) is 129 Å². The molecule has 2 aliphatic rings. The molecule has 1 saturated heterocycles. The van der Waals surface area contributed by atoms with Gasteiger partial charge < -0.3 is 24.8 Å². The highest BCUT2D eigenvalue weighted by Crippen LogP contribution is 2.39. The minimum atomic E-state index is -0.520. The fraction of sp³-hybridized carbons (Fsp3) is 0.531. The van der Waals surface area contributed by atoms with Crippen molar-refractivity contribution >= 4 is 40.5 Å². The lowest BCUT2D eigenvalue weighted by Crippen LogP contribution is -2.40. The van der Waals surface area contributed by atoms with Crippen molar-refractivity contribution in [2.45, 2.75) is 46.6 Å². The van der Waals surface area contributed by atoms with Crippen LogP contribution in [0.25, 0.3) is 5.00 Å². The van der Waals surface area contributed by atoms with E-state index in [2.05, 4.69) is 34.7 Å². The van der Waals surface area contributed by atoms with Gasteiger partial charge in [-0.25, -0.2) is 4.79 Å². The average molecular weight is 657 g/mol. The number of piperidine rings is 1. The summed E-state index contributed by atoms with van der Waals surface area (Å²) in [5.74, 6) is 1.57. The Balaban J connectivity index is 1.17. The van der Waals surface area contributed by atoms with E-state index in [9.17, 15) is 9.59 Å². The van der Waals surface area contributed by atoms with Crippen LogP contribution in [0.5, 0.6) is 0 Å². The number of esters is 1. The molecule has 0 radical (unpaired) electrons. The van der Waals surface area contributed by atoms with E-state index in [4.69, 9.17) is 30.8 Å². The Labute approximate surface area is 272 Å². The lowest BCUT2D eigenvalue weighted by atomic mass is 9.91. The maximum atomic E-state index is 13.2. The highest BCUT2D eigenvalue weighted by Gasteiger charge is 2.32. The molecule has 0 spiro atoms. The van der Waals surface area contributed by atoms with E-state index in [1.807, 2.05) is 35.8 Å². The first-order chi connectivity index (χ1) is 21.7. The molecule has 2 N–H and O–H groups in total. The summed E-state index contributed by atoms with van der Waals surface area (Å²) in [6.07, 6.45) is 1.07. The number of carbonyl (C=O) groups is 2. The fourth-order valence-corrected chi connectivity index (χ4v) is 7.13. The van der Waals surface area contributed by atoms with E-state index in [1.165, 1.54) is 4.88 Å². The summed E-state index contributed by atoms with van der Waals surface area (Å²) < 4.78 is 18.4. The molecule has 45 heavy (non-hydrogen) atoms. The highest BCUT2D eigenvalue weighted by atomic mass is 35.5. The molecule has 2 unspecified atom stereocenters. The maximum Gasteiger partial charge on any atom is 0.332 e. The number of ether oxygens (including phenoxy) is 3. The minimum Gasteiger partial charge on any atom is -0.464 e. The molecule has 13 heteroatoms. The number of hydrogen-bond donors (Lipinski definition) is 2. The predicted octanol–water partition coefficient (Wildman–Crippen LogP) is 4.13. The first kappa shape index (κ1) is 33.2. The minimum absolute atomic E-state index is 0.0218. The fourth-order valence-electron chi connectivity index (χ4n) is 5.79. The lowest BCUT2D eigenvalue weighted by Gasteiger charge is -2.29. The number of nitrogens with one attached hydrogen (secondary N) is 2. The number of fused-ring (bicyclic) bond motifs is 3. The summed E-state index contributed by atoms with van der Waals surface area (Å²) in [5, 5.41) is 16.9. The van der Waals surface area contributed by atoms with Crippen molar-refractivity contribution in [3.63, 3.8) is 0 Å². The zero-order valence-electron chi connectivity index (χ0n) is 26.2. The van der Waals surface area contributed by atoms with Gasteiger partial charge in [-0.1, -0.05) is 23.7 Å². The molecule has 3 aromatic rings. The summed E-state index contributed by atoms with van der Waals surface area (Å²) >= 11 is 7.89. The monoisotopic (exact) mass is 656 g/mol. The first-order valence-electron chi connectivity index (χ1n) is 15.4. The second-order valence-corrected chi connectivity index (χ2v) is 13.1. The van der Waals surface area contributed by atoms with Gasteiger partial charge in [-0.3, -0.25) is 14.4 Å². The molecule has 2 aromatic heterocycles. The Morgan fingerprint density at radius 1 is 1.09 bits per heavy atom. The van der Waals surface area contributed by atoms with Crippen LogP contribution in [-0.4, -0.2) is 85.0 Å². The summed E-state index contributed by atoms with van der Waals surface area (Å²) in [6.45, 7) is 11.8. The van der Waals surface area contributed by atoms with Gasteiger partial charge in [0.2, 0.25) is 5.91 Å². The molecular weight excluding hydrogens is 616 g/mol. The zero-order valence-corrected chi connectivity index (χ0v) is 27.8. The number of hydrogen-bond acceptors (Lipinski definition) is 10. The largest absolute Gasteiger partial charge is 0.464 e. The number of aliphatic imine (C=N–C) groups is 1. The third kappa shape index (κ3) is 8.17. The molecule has 1 amide bonds. The van der Waals surface area contributed by atoms with E-state index in [-0.39, 0.29) is 24.9 Å². The smallest absolute Gasteiger partial charge is 0.332 e. The number of aryl methyl sites for hydroxylation is 2. The zero-order chi connectivity index (χ0) is 31.9. The van der Waals surface area contributed by atoms with Crippen LogP contribution >= 0.6 is 22.9 Å². The lowest BCUT2D eigenvalue weighted by molar-refractivity contribution is -0.149. The van der Waals surface area contributed by atoms with Gasteiger partial charge in [-0.2, -0.15) is 0 Å². The predicted molar refractivity (Wildman–Crippen MR) is 174 cm³/mol. The summed E-state index contributed by atoms with van der Waals surface area (Å²) in [4.78, 5) is 31.0. The van der Waals surface area contributed by atoms with Gasteiger partial charge in [-0.15, -0.1) is 21.5 Å². The van der Waals surface area contributed by atoms with Gasteiger partial charge in [0.05, 0.1) is 38.6 Å². The molecule has 4 heterocycles. The number of carbonyl (C=O) groups excluding carboxylic acids is 2. The van der Waals surface area contributed by atoms with Gasteiger partial charge in [0.15, 0.2) is 5.82 Å². The van der Waals surface area contributed by atoms with Gasteiger partial charge in [0, 0.05) is 40.7 Å². The van der Waals surface area contributed by atoms with Gasteiger partial charge >= 0.3 is 5.97 Å². The van der Waals surface area contributed by atoms with Crippen molar-refractivity contribution in [1.82, 2.24) is 25.4 Å². The van der Waals surface area contributed by atoms with Gasteiger partial charge in [0.25, 0.3) is 0 Å².